The van der Waals surface area contributed by atoms with Gasteiger partial charge in [-0.25, -0.2) is 8.42 Å². The zero-order valence-corrected chi connectivity index (χ0v) is 16.2. The third-order valence-corrected chi connectivity index (χ3v) is 6.66. The van der Waals surface area contributed by atoms with E-state index < -0.39 is 16.3 Å². The van der Waals surface area contributed by atoms with Crippen molar-refractivity contribution in [2.75, 3.05) is 13.1 Å². The van der Waals surface area contributed by atoms with Crippen LogP contribution in [-0.2, 0) is 21.5 Å². The molecule has 0 bridgehead atoms. The SMILES string of the molecule is CC(C)C(O)OCn1ccc2c(S(=O)(=O)N3CCC(N)C3)cccc2c1=O. The van der Waals surface area contributed by atoms with Crippen molar-refractivity contribution in [1.82, 2.24) is 8.87 Å². The quantitative estimate of drug-likeness (QED) is 0.695. The summed E-state index contributed by atoms with van der Waals surface area (Å²) in [7, 11) is -3.73. The van der Waals surface area contributed by atoms with Crippen LogP contribution in [0.2, 0.25) is 0 Å². The van der Waals surface area contributed by atoms with Crippen LogP contribution < -0.4 is 11.3 Å². The summed E-state index contributed by atoms with van der Waals surface area (Å²) in [5.41, 5.74) is 5.47. The van der Waals surface area contributed by atoms with Gasteiger partial charge < -0.3 is 15.6 Å². The number of ether oxygens (including phenoxy) is 1. The number of nitrogens with two attached hydrogens (primary N) is 1. The van der Waals surface area contributed by atoms with Gasteiger partial charge in [-0.15, -0.1) is 0 Å². The highest BCUT2D eigenvalue weighted by atomic mass is 32.2. The third kappa shape index (κ3) is 3.92. The van der Waals surface area contributed by atoms with Crippen LogP contribution in [0.25, 0.3) is 10.8 Å². The summed E-state index contributed by atoms with van der Waals surface area (Å²) in [6.07, 6.45) is 1.11. The maximum Gasteiger partial charge on any atom is 0.260 e. The Morgan fingerprint density at radius 3 is 2.67 bits per heavy atom. The highest BCUT2D eigenvalue weighted by Gasteiger charge is 2.32. The molecule has 2 aromatic rings. The van der Waals surface area contributed by atoms with Gasteiger partial charge in [0.05, 0.1) is 4.90 Å². The van der Waals surface area contributed by atoms with E-state index in [4.69, 9.17) is 10.5 Å². The molecule has 0 aliphatic carbocycles. The molecule has 1 aromatic heterocycles. The molecule has 2 unspecified atom stereocenters. The molecule has 1 aliphatic heterocycles. The molecule has 2 atom stereocenters. The molecule has 1 aromatic carbocycles. The van der Waals surface area contributed by atoms with Crippen molar-refractivity contribution in [2.24, 2.45) is 11.7 Å². The predicted molar refractivity (Wildman–Crippen MR) is 101 cm³/mol. The van der Waals surface area contributed by atoms with Crippen molar-refractivity contribution in [2.45, 2.75) is 44.2 Å². The van der Waals surface area contributed by atoms with E-state index in [1.54, 1.807) is 32.0 Å². The summed E-state index contributed by atoms with van der Waals surface area (Å²) in [5, 5.41) is 10.4. The summed E-state index contributed by atoms with van der Waals surface area (Å²) in [6, 6.07) is 6.06. The molecule has 9 heteroatoms. The molecule has 3 rings (SSSR count). The van der Waals surface area contributed by atoms with Gasteiger partial charge in [0, 0.05) is 42.0 Å². The fourth-order valence-electron chi connectivity index (χ4n) is 3.08. The number of pyridine rings is 1. The highest BCUT2D eigenvalue weighted by molar-refractivity contribution is 7.89. The molecule has 1 fully saturated rings. The Kier molecular flexibility index (Phi) is 5.68. The average molecular weight is 395 g/mol. The zero-order chi connectivity index (χ0) is 19.8. The minimum absolute atomic E-state index is 0.0986. The monoisotopic (exact) mass is 395 g/mol. The number of nitrogens with zero attached hydrogens (tertiary/aromatic N) is 2. The van der Waals surface area contributed by atoms with Crippen LogP contribution in [0.3, 0.4) is 0 Å². The Balaban J connectivity index is 1.98. The first-order valence-electron chi connectivity index (χ1n) is 8.89. The van der Waals surface area contributed by atoms with Crippen molar-refractivity contribution in [3.63, 3.8) is 0 Å². The minimum atomic E-state index is -3.73. The van der Waals surface area contributed by atoms with Crippen LogP contribution in [0.1, 0.15) is 20.3 Å². The van der Waals surface area contributed by atoms with Crippen LogP contribution in [-0.4, -0.2) is 47.8 Å². The van der Waals surface area contributed by atoms with E-state index in [1.165, 1.54) is 21.1 Å². The number of hydrogen-bond acceptors (Lipinski definition) is 6. The Morgan fingerprint density at radius 2 is 2.04 bits per heavy atom. The Labute approximate surface area is 158 Å². The van der Waals surface area contributed by atoms with E-state index >= 15 is 0 Å². The van der Waals surface area contributed by atoms with E-state index in [2.05, 4.69) is 0 Å². The molecule has 8 nitrogen and oxygen atoms in total. The lowest BCUT2D eigenvalue weighted by molar-refractivity contribution is -0.150. The molecule has 2 heterocycles. The van der Waals surface area contributed by atoms with Crippen molar-refractivity contribution in [3.05, 3.63) is 40.8 Å². The van der Waals surface area contributed by atoms with E-state index in [-0.39, 0.29) is 41.1 Å². The summed E-state index contributed by atoms with van der Waals surface area (Å²) >= 11 is 0. The second-order valence-corrected chi connectivity index (χ2v) is 9.06. The first kappa shape index (κ1) is 20.0. The fraction of sp³-hybridized carbons (Fsp3) is 0.500. The molecule has 0 amide bonds. The summed E-state index contributed by atoms with van der Waals surface area (Å²) in [4.78, 5) is 12.8. The first-order chi connectivity index (χ1) is 12.7. The predicted octanol–water partition coefficient (Wildman–Crippen LogP) is 0.672. The summed E-state index contributed by atoms with van der Waals surface area (Å²) in [6.45, 7) is 4.13. The lowest BCUT2D eigenvalue weighted by Crippen LogP contribution is -2.32. The van der Waals surface area contributed by atoms with E-state index in [9.17, 15) is 18.3 Å². The number of sulfonamides is 1. The number of benzene rings is 1. The average Bonchev–Trinajstić information content (AvgIpc) is 3.07. The standard InChI is InChI=1S/C18H25N3O5S/c1-12(2)18(23)26-11-20-8-7-14-15(17(20)22)4-3-5-16(14)27(24,25)21-9-6-13(19)10-21/h3-5,7-8,12-13,18,23H,6,9-11,19H2,1-2H3. The first-order valence-corrected chi connectivity index (χ1v) is 10.3. The number of aliphatic hydroxyl groups excluding tert-OH is 1. The smallest absolute Gasteiger partial charge is 0.260 e. The highest BCUT2D eigenvalue weighted by Crippen LogP contribution is 2.26. The topological polar surface area (TPSA) is 115 Å². The van der Waals surface area contributed by atoms with Crippen LogP contribution in [0.15, 0.2) is 40.2 Å². The number of aromatic nitrogens is 1. The third-order valence-electron chi connectivity index (χ3n) is 4.74. The van der Waals surface area contributed by atoms with Crippen molar-refractivity contribution in [1.29, 1.82) is 0 Å². The molecule has 0 radical (unpaired) electrons. The maximum atomic E-state index is 13.0. The van der Waals surface area contributed by atoms with Gasteiger partial charge in [0.25, 0.3) is 5.56 Å². The lowest BCUT2D eigenvalue weighted by atomic mass is 10.2. The molecule has 0 saturated carbocycles. The second kappa shape index (κ2) is 7.69. The number of fused-ring (bicyclic) bond motifs is 1. The molecule has 3 N–H and O–H groups in total. The molecule has 27 heavy (non-hydrogen) atoms. The van der Waals surface area contributed by atoms with Crippen molar-refractivity contribution in [3.8, 4) is 0 Å². The van der Waals surface area contributed by atoms with Gasteiger partial charge in [-0.1, -0.05) is 19.9 Å². The lowest BCUT2D eigenvalue weighted by Gasteiger charge is -2.18. The molecule has 0 spiro atoms. The van der Waals surface area contributed by atoms with Crippen LogP contribution >= 0.6 is 0 Å². The van der Waals surface area contributed by atoms with E-state index in [0.717, 1.165) is 0 Å². The molecule has 148 valence electrons. The molecule has 1 saturated heterocycles. The number of aliphatic hydroxyl groups is 1. The van der Waals surface area contributed by atoms with Gasteiger partial charge in [0.15, 0.2) is 6.29 Å². The Hall–Kier alpha value is -1.78. The fourth-order valence-corrected chi connectivity index (χ4v) is 4.79. The van der Waals surface area contributed by atoms with Gasteiger partial charge in [0.2, 0.25) is 10.0 Å². The largest absolute Gasteiger partial charge is 0.368 e. The van der Waals surface area contributed by atoms with Gasteiger partial charge in [-0.05, 0) is 24.6 Å². The van der Waals surface area contributed by atoms with E-state index in [0.29, 0.717) is 18.4 Å². The molecule has 1 aliphatic rings. The van der Waals surface area contributed by atoms with Crippen LogP contribution in [0.4, 0.5) is 0 Å². The van der Waals surface area contributed by atoms with Gasteiger partial charge in [-0.2, -0.15) is 4.31 Å². The van der Waals surface area contributed by atoms with Gasteiger partial charge in [0.1, 0.15) is 6.73 Å². The van der Waals surface area contributed by atoms with Gasteiger partial charge >= 0.3 is 0 Å². The minimum Gasteiger partial charge on any atom is -0.368 e. The number of hydrogen-bond donors (Lipinski definition) is 2. The Bertz CT molecular complexity index is 986. The second-order valence-electron chi connectivity index (χ2n) is 7.15. The Morgan fingerprint density at radius 1 is 1.30 bits per heavy atom. The summed E-state index contributed by atoms with van der Waals surface area (Å²) in [5.74, 6) is -0.107. The van der Waals surface area contributed by atoms with Crippen molar-refractivity contribution >= 4 is 20.8 Å². The van der Waals surface area contributed by atoms with Crippen LogP contribution in [0, 0.1) is 5.92 Å². The van der Waals surface area contributed by atoms with Crippen molar-refractivity contribution < 1.29 is 18.3 Å². The maximum absolute atomic E-state index is 13.0. The number of rotatable bonds is 6. The summed E-state index contributed by atoms with van der Waals surface area (Å²) < 4.78 is 33.9. The molecular formula is C18H25N3O5S. The van der Waals surface area contributed by atoms with Crippen LogP contribution in [0.5, 0.6) is 0 Å². The normalized spacial score (nSPS) is 19.8. The van der Waals surface area contributed by atoms with Gasteiger partial charge in [-0.3, -0.25) is 9.36 Å². The van der Waals surface area contributed by atoms with E-state index in [1.807, 2.05) is 0 Å². The zero-order valence-electron chi connectivity index (χ0n) is 15.4. The molecular weight excluding hydrogens is 370 g/mol.